The van der Waals surface area contributed by atoms with Crippen LogP contribution in [0.15, 0.2) is 52.4 Å². The first-order valence-electron chi connectivity index (χ1n) is 5.34. The number of nitrogens with zero attached hydrogens (tertiary/aromatic N) is 1. The van der Waals surface area contributed by atoms with Crippen LogP contribution in [0.2, 0.25) is 0 Å². The van der Waals surface area contributed by atoms with Crippen LogP contribution in [0.5, 0.6) is 5.75 Å². The fourth-order valence-corrected chi connectivity index (χ4v) is 2.31. The van der Waals surface area contributed by atoms with Crippen LogP contribution in [0.1, 0.15) is 10.5 Å². The van der Waals surface area contributed by atoms with Crippen LogP contribution >= 0.6 is 11.8 Å². The molecule has 0 saturated heterocycles. The molecule has 18 heavy (non-hydrogen) atoms. The molecule has 2 rings (SSSR count). The Morgan fingerprint density at radius 2 is 2.06 bits per heavy atom. The van der Waals surface area contributed by atoms with E-state index in [4.69, 9.17) is 0 Å². The highest BCUT2D eigenvalue weighted by molar-refractivity contribution is 7.99. The molecule has 0 aliphatic heterocycles. The predicted octanol–water partition coefficient (Wildman–Crippen LogP) is 2.30. The topological polar surface area (TPSA) is 62.2 Å². The summed E-state index contributed by atoms with van der Waals surface area (Å²) < 4.78 is 0. The largest absolute Gasteiger partial charge is 0.508 e. The molecule has 0 unspecified atom stereocenters. The van der Waals surface area contributed by atoms with E-state index in [-0.39, 0.29) is 11.7 Å². The van der Waals surface area contributed by atoms with Gasteiger partial charge in [0.25, 0.3) is 5.91 Å². The molecule has 1 heterocycles. The minimum Gasteiger partial charge on any atom is -0.508 e. The number of hydrogen-bond donors (Lipinski definition) is 2. The fourth-order valence-electron chi connectivity index (χ4n) is 1.41. The lowest BCUT2D eigenvalue weighted by Gasteiger charge is -2.04. The third-order valence-electron chi connectivity index (χ3n) is 2.24. The van der Waals surface area contributed by atoms with E-state index in [0.717, 1.165) is 9.79 Å². The predicted molar refractivity (Wildman–Crippen MR) is 69.9 cm³/mol. The van der Waals surface area contributed by atoms with E-state index in [2.05, 4.69) is 10.3 Å². The Morgan fingerprint density at radius 3 is 2.78 bits per heavy atom. The highest BCUT2D eigenvalue weighted by Gasteiger charge is 2.06. The van der Waals surface area contributed by atoms with Crippen LogP contribution in [-0.2, 0) is 0 Å². The smallest absolute Gasteiger partial charge is 0.269 e. The van der Waals surface area contributed by atoms with Crippen molar-refractivity contribution >= 4 is 17.7 Å². The summed E-state index contributed by atoms with van der Waals surface area (Å²) in [6.07, 6.45) is 1.59. The fraction of sp³-hybridized carbons (Fsp3) is 0.0769. The van der Waals surface area contributed by atoms with Crippen molar-refractivity contribution in [1.82, 2.24) is 10.3 Å². The third-order valence-corrected chi connectivity index (χ3v) is 3.22. The highest BCUT2D eigenvalue weighted by atomic mass is 32.2. The summed E-state index contributed by atoms with van der Waals surface area (Å²) in [6.45, 7) is 0. The number of hydrogen-bond acceptors (Lipinski definition) is 4. The second kappa shape index (κ2) is 5.55. The van der Waals surface area contributed by atoms with Gasteiger partial charge in [-0.05, 0) is 30.3 Å². The molecule has 4 nitrogen and oxygen atoms in total. The summed E-state index contributed by atoms with van der Waals surface area (Å²) in [5.41, 5.74) is 0.377. The number of aromatic hydroxyl groups is 1. The van der Waals surface area contributed by atoms with Gasteiger partial charge in [-0.15, -0.1) is 0 Å². The Morgan fingerprint density at radius 1 is 1.28 bits per heavy atom. The minimum atomic E-state index is -0.214. The zero-order chi connectivity index (χ0) is 13.0. The number of rotatable bonds is 3. The second-order valence-electron chi connectivity index (χ2n) is 3.56. The van der Waals surface area contributed by atoms with Gasteiger partial charge < -0.3 is 10.4 Å². The molecule has 1 aromatic carbocycles. The molecule has 0 bridgehead atoms. The molecule has 0 atom stereocenters. The van der Waals surface area contributed by atoms with Gasteiger partial charge in [0.05, 0.1) is 0 Å². The molecule has 0 aliphatic rings. The summed E-state index contributed by atoms with van der Waals surface area (Å²) in [4.78, 5) is 17.2. The van der Waals surface area contributed by atoms with E-state index >= 15 is 0 Å². The van der Waals surface area contributed by atoms with Crippen molar-refractivity contribution in [3.05, 3.63) is 48.3 Å². The summed E-state index contributed by atoms with van der Waals surface area (Å²) in [7, 11) is 1.57. The standard InChI is InChI=1S/C13H12N2O2S/c1-14-13(17)12-8-11(5-6-15-12)18-10-4-2-3-9(16)7-10/h2-8,16H,1H3,(H,14,17). The van der Waals surface area contributed by atoms with Gasteiger partial charge >= 0.3 is 0 Å². The molecule has 1 amide bonds. The number of carbonyl (C=O) groups is 1. The number of carbonyl (C=O) groups excluding carboxylic acids is 1. The number of phenolic OH excluding ortho intramolecular Hbond substituents is 1. The molecule has 0 spiro atoms. The van der Waals surface area contributed by atoms with Gasteiger partial charge in [-0.1, -0.05) is 17.8 Å². The summed E-state index contributed by atoms with van der Waals surface area (Å²) >= 11 is 1.46. The van der Waals surface area contributed by atoms with Crippen molar-refractivity contribution in [1.29, 1.82) is 0 Å². The van der Waals surface area contributed by atoms with Gasteiger partial charge in [0, 0.05) is 23.0 Å². The second-order valence-corrected chi connectivity index (χ2v) is 4.70. The molecule has 2 aromatic rings. The minimum absolute atomic E-state index is 0.214. The molecule has 0 fully saturated rings. The summed E-state index contributed by atoms with van der Waals surface area (Å²) in [6, 6.07) is 10.5. The Hall–Kier alpha value is -2.01. The molecule has 92 valence electrons. The quantitative estimate of drug-likeness (QED) is 0.889. The van der Waals surface area contributed by atoms with Crippen molar-refractivity contribution < 1.29 is 9.90 Å². The first-order valence-corrected chi connectivity index (χ1v) is 6.16. The van der Waals surface area contributed by atoms with Crippen molar-refractivity contribution in [2.75, 3.05) is 7.05 Å². The van der Waals surface area contributed by atoms with Crippen LogP contribution < -0.4 is 5.32 Å². The first-order chi connectivity index (χ1) is 8.69. The first kappa shape index (κ1) is 12.4. The van der Waals surface area contributed by atoms with Crippen LogP contribution in [0.4, 0.5) is 0 Å². The highest BCUT2D eigenvalue weighted by Crippen LogP contribution is 2.29. The Kier molecular flexibility index (Phi) is 3.84. The van der Waals surface area contributed by atoms with Crippen LogP contribution in [0, 0.1) is 0 Å². The number of benzene rings is 1. The molecule has 0 radical (unpaired) electrons. The lowest BCUT2D eigenvalue weighted by molar-refractivity contribution is 0.0958. The van der Waals surface area contributed by atoms with Gasteiger partial charge in [0.1, 0.15) is 11.4 Å². The van der Waals surface area contributed by atoms with Crippen molar-refractivity contribution in [3.63, 3.8) is 0 Å². The summed E-state index contributed by atoms with van der Waals surface area (Å²) in [5.74, 6) is 0.00828. The molecule has 0 saturated carbocycles. The van der Waals surface area contributed by atoms with Gasteiger partial charge in [-0.2, -0.15) is 0 Å². The van der Waals surface area contributed by atoms with E-state index in [1.165, 1.54) is 11.8 Å². The maximum atomic E-state index is 11.4. The van der Waals surface area contributed by atoms with Crippen LogP contribution in [0.3, 0.4) is 0 Å². The Labute approximate surface area is 109 Å². The van der Waals surface area contributed by atoms with Crippen LogP contribution in [-0.4, -0.2) is 23.0 Å². The van der Waals surface area contributed by atoms with E-state index in [1.807, 2.05) is 12.1 Å². The monoisotopic (exact) mass is 260 g/mol. The summed E-state index contributed by atoms with van der Waals surface area (Å²) in [5, 5.41) is 11.9. The van der Waals surface area contributed by atoms with E-state index in [1.54, 1.807) is 37.5 Å². The molecular formula is C13H12N2O2S. The molecular weight excluding hydrogens is 248 g/mol. The third kappa shape index (κ3) is 3.01. The van der Waals surface area contributed by atoms with Gasteiger partial charge in [-0.3, -0.25) is 9.78 Å². The van der Waals surface area contributed by atoms with Crippen LogP contribution in [0.25, 0.3) is 0 Å². The van der Waals surface area contributed by atoms with Gasteiger partial charge in [0.15, 0.2) is 0 Å². The molecule has 5 heteroatoms. The van der Waals surface area contributed by atoms with Gasteiger partial charge in [-0.25, -0.2) is 0 Å². The molecule has 1 aromatic heterocycles. The number of aromatic nitrogens is 1. The number of pyridine rings is 1. The lowest BCUT2D eigenvalue weighted by Crippen LogP contribution is -2.18. The van der Waals surface area contributed by atoms with Crippen molar-refractivity contribution in [3.8, 4) is 5.75 Å². The Bertz CT molecular complexity index is 572. The molecule has 0 aliphatic carbocycles. The SMILES string of the molecule is CNC(=O)c1cc(Sc2cccc(O)c2)ccn1. The zero-order valence-corrected chi connectivity index (χ0v) is 10.6. The zero-order valence-electron chi connectivity index (χ0n) is 9.75. The normalized spacial score (nSPS) is 10.1. The maximum absolute atomic E-state index is 11.4. The number of amides is 1. The maximum Gasteiger partial charge on any atom is 0.269 e. The lowest BCUT2D eigenvalue weighted by atomic mass is 10.3. The average Bonchev–Trinajstić information content (AvgIpc) is 2.38. The number of nitrogens with one attached hydrogen (secondary N) is 1. The van der Waals surface area contributed by atoms with Crippen molar-refractivity contribution in [2.45, 2.75) is 9.79 Å². The van der Waals surface area contributed by atoms with E-state index in [9.17, 15) is 9.90 Å². The van der Waals surface area contributed by atoms with Crippen molar-refractivity contribution in [2.24, 2.45) is 0 Å². The van der Waals surface area contributed by atoms with E-state index < -0.39 is 0 Å². The Balaban J connectivity index is 2.22. The molecule has 2 N–H and O–H groups in total. The van der Waals surface area contributed by atoms with Gasteiger partial charge in [0.2, 0.25) is 0 Å². The number of phenols is 1. The average molecular weight is 260 g/mol. The van der Waals surface area contributed by atoms with E-state index in [0.29, 0.717) is 5.69 Å².